The summed E-state index contributed by atoms with van der Waals surface area (Å²) in [6.07, 6.45) is 3.73. The summed E-state index contributed by atoms with van der Waals surface area (Å²) in [7, 11) is 0. The van der Waals surface area contributed by atoms with E-state index in [0.29, 0.717) is 30.5 Å². The first-order valence-corrected chi connectivity index (χ1v) is 7.90. The summed E-state index contributed by atoms with van der Waals surface area (Å²) in [5, 5.41) is 11.8. The molecule has 0 bridgehead atoms. The van der Waals surface area contributed by atoms with E-state index in [-0.39, 0.29) is 5.91 Å². The van der Waals surface area contributed by atoms with Crippen LogP contribution in [0.2, 0.25) is 5.02 Å². The predicted molar refractivity (Wildman–Crippen MR) is 90.8 cm³/mol. The molecule has 0 unspecified atom stereocenters. The van der Waals surface area contributed by atoms with Crippen LogP contribution in [-0.4, -0.2) is 30.5 Å². The van der Waals surface area contributed by atoms with Crippen molar-refractivity contribution in [3.63, 3.8) is 0 Å². The van der Waals surface area contributed by atoms with Crippen molar-refractivity contribution in [3.05, 3.63) is 59.1 Å². The molecular weight excluding hydrogens is 328 g/mol. The van der Waals surface area contributed by atoms with Gasteiger partial charge in [-0.25, -0.2) is 9.67 Å². The average Bonchev–Trinajstić information content (AvgIpc) is 3.14. The van der Waals surface area contributed by atoms with Gasteiger partial charge in [0.2, 0.25) is 11.9 Å². The van der Waals surface area contributed by atoms with Crippen molar-refractivity contribution in [3.8, 4) is 0 Å². The summed E-state index contributed by atoms with van der Waals surface area (Å²) in [5.41, 5.74) is 1.94. The fourth-order valence-corrected chi connectivity index (χ4v) is 2.45. The molecule has 0 aliphatic carbocycles. The molecule has 0 spiro atoms. The van der Waals surface area contributed by atoms with Crippen molar-refractivity contribution in [1.82, 2.24) is 24.5 Å². The van der Waals surface area contributed by atoms with Gasteiger partial charge in [0, 0.05) is 24.2 Å². The molecule has 124 valence electrons. The Hall–Kier alpha value is -2.67. The van der Waals surface area contributed by atoms with Gasteiger partial charge in [0.05, 0.1) is 12.2 Å². The van der Waals surface area contributed by atoms with Crippen LogP contribution in [0, 0.1) is 6.92 Å². The molecular formula is C16H17ClN6O. The summed E-state index contributed by atoms with van der Waals surface area (Å²) in [6.45, 7) is 2.96. The molecule has 24 heavy (non-hydrogen) atoms. The van der Waals surface area contributed by atoms with Crippen molar-refractivity contribution >= 4 is 23.5 Å². The zero-order valence-corrected chi connectivity index (χ0v) is 13.9. The maximum Gasteiger partial charge on any atom is 0.248 e. The largest absolute Gasteiger partial charge is 0.293 e. The van der Waals surface area contributed by atoms with E-state index >= 15 is 0 Å². The molecule has 0 atom stereocenters. The van der Waals surface area contributed by atoms with E-state index in [4.69, 9.17) is 11.6 Å². The molecule has 3 aromatic rings. The van der Waals surface area contributed by atoms with Crippen LogP contribution in [0.4, 0.5) is 5.95 Å². The molecule has 1 amide bonds. The Bertz CT molecular complexity index is 840. The number of amides is 1. The van der Waals surface area contributed by atoms with Crippen LogP contribution in [0.1, 0.15) is 17.7 Å². The highest BCUT2D eigenvalue weighted by molar-refractivity contribution is 6.30. The number of carbonyl (C=O) groups is 1. The van der Waals surface area contributed by atoms with E-state index in [0.717, 1.165) is 11.3 Å². The summed E-state index contributed by atoms with van der Waals surface area (Å²) in [4.78, 5) is 16.0. The highest BCUT2D eigenvalue weighted by Gasteiger charge is 2.07. The van der Waals surface area contributed by atoms with Gasteiger partial charge in [-0.3, -0.25) is 14.8 Å². The van der Waals surface area contributed by atoms with Crippen LogP contribution in [0.25, 0.3) is 0 Å². The van der Waals surface area contributed by atoms with Crippen LogP contribution in [0.3, 0.4) is 0 Å². The third kappa shape index (κ3) is 4.42. The van der Waals surface area contributed by atoms with Gasteiger partial charge in [0.15, 0.2) is 0 Å². The number of aromatic nitrogens is 5. The van der Waals surface area contributed by atoms with E-state index in [9.17, 15) is 4.79 Å². The molecule has 0 saturated heterocycles. The van der Waals surface area contributed by atoms with Gasteiger partial charge in [-0.2, -0.15) is 5.10 Å². The molecule has 2 heterocycles. The second kappa shape index (κ2) is 7.27. The number of nitrogens with zero attached hydrogens (tertiary/aromatic N) is 5. The minimum atomic E-state index is -0.149. The van der Waals surface area contributed by atoms with Gasteiger partial charge >= 0.3 is 0 Å². The molecule has 8 heteroatoms. The molecule has 1 aromatic carbocycles. The Balaban J connectivity index is 1.52. The van der Waals surface area contributed by atoms with Gasteiger partial charge < -0.3 is 0 Å². The highest BCUT2D eigenvalue weighted by Crippen LogP contribution is 2.12. The van der Waals surface area contributed by atoms with E-state index in [1.807, 2.05) is 43.5 Å². The van der Waals surface area contributed by atoms with Crippen molar-refractivity contribution in [2.24, 2.45) is 0 Å². The van der Waals surface area contributed by atoms with Crippen LogP contribution in [0.5, 0.6) is 0 Å². The molecule has 3 rings (SSSR count). The number of halogens is 1. The molecule has 0 aliphatic heterocycles. The third-order valence-corrected chi connectivity index (χ3v) is 3.60. The minimum Gasteiger partial charge on any atom is -0.293 e. The van der Waals surface area contributed by atoms with Crippen molar-refractivity contribution in [1.29, 1.82) is 0 Å². The minimum absolute atomic E-state index is 0.149. The fraction of sp³-hybridized carbons (Fsp3) is 0.250. The third-order valence-electron chi connectivity index (χ3n) is 3.36. The Morgan fingerprint density at radius 1 is 1.25 bits per heavy atom. The Labute approximate surface area is 144 Å². The lowest BCUT2D eigenvalue weighted by atomic mass is 10.2. The molecule has 1 N–H and O–H groups in total. The zero-order valence-electron chi connectivity index (χ0n) is 13.2. The number of anilines is 1. The van der Waals surface area contributed by atoms with Gasteiger partial charge in [0.1, 0.15) is 6.33 Å². The van der Waals surface area contributed by atoms with E-state index < -0.39 is 0 Å². The SMILES string of the molecule is Cc1ccn(CCC(=O)Nc2ncn(Cc3cccc(Cl)c3)n2)n1. The summed E-state index contributed by atoms with van der Waals surface area (Å²) < 4.78 is 3.39. The molecule has 0 radical (unpaired) electrons. The van der Waals surface area contributed by atoms with Gasteiger partial charge in [-0.05, 0) is 30.7 Å². The first kappa shape index (κ1) is 16.2. The molecule has 7 nitrogen and oxygen atoms in total. The second-order valence-electron chi connectivity index (χ2n) is 5.41. The average molecular weight is 345 g/mol. The summed E-state index contributed by atoms with van der Waals surface area (Å²) in [6, 6.07) is 9.43. The predicted octanol–water partition coefficient (Wildman–Crippen LogP) is 2.51. The Kier molecular flexibility index (Phi) is 4.90. The number of carbonyl (C=O) groups excluding carboxylic acids is 1. The maximum absolute atomic E-state index is 11.9. The van der Waals surface area contributed by atoms with Crippen molar-refractivity contribution in [2.45, 2.75) is 26.4 Å². The highest BCUT2D eigenvalue weighted by atomic mass is 35.5. The number of benzene rings is 1. The first-order chi connectivity index (χ1) is 11.6. The lowest BCUT2D eigenvalue weighted by molar-refractivity contribution is -0.116. The van der Waals surface area contributed by atoms with E-state index in [1.165, 1.54) is 0 Å². The van der Waals surface area contributed by atoms with Crippen LogP contribution >= 0.6 is 11.6 Å². The molecule has 0 aliphatic rings. The zero-order chi connectivity index (χ0) is 16.9. The lowest BCUT2D eigenvalue weighted by Crippen LogP contribution is -2.16. The van der Waals surface area contributed by atoms with Crippen LogP contribution in [0.15, 0.2) is 42.9 Å². The summed E-state index contributed by atoms with van der Waals surface area (Å²) in [5.74, 6) is 0.141. The fourth-order valence-electron chi connectivity index (χ4n) is 2.24. The standard InChI is InChI=1S/C16H17ClN6O/c1-12-5-7-22(20-12)8-6-15(24)19-16-18-11-23(21-16)10-13-3-2-4-14(17)9-13/h2-5,7,9,11H,6,8,10H2,1H3,(H,19,21,24). The number of hydrogen-bond acceptors (Lipinski definition) is 4. The number of hydrogen-bond donors (Lipinski definition) is 1. The lowest BCUT2D eigenvalue weighted by Gasteiger charge is -2.03. The van der Waals surface area contributed by atoms with Crippen molar-refractivity contribution < 1.29 is 4.79 Å². The molecule has 0 saturated carbocycles. The molecule has 2 aromatic heterocycles. The molecule has 0 fully saturated rings. The van der Waals surface area contributed by atoms with E-state index in [1.54, 1.807) is 15.7 Å². The number of aryl methyl sites for hydroxylation is 2. The van der Waals surface area contributed by atoms with Gasteiger partial charge in [-0.1, -0.05) is 23.7 Å². The van der Waals surface area contributed by atoms with E-state index in [2.05, 4.69) is 20.5 Å². The van der Waals surface area contributed by atoms with Gasteiger partial charge in [0.25, 0.3) is 0 Å². The second-order valence-corrected chi connectivity index (χ2v) is 5.85. The van der Waals surface area contributed by atoms with Crippen LogP contribution in [-0.2, 0) is 17.9 Å². The smallest absolute Gasteiger partial charge is 0.248 e. The Morgan fingerprint density at radius 2 is 2.12 bits per heavy atom. The monoisotopic (exact) mass is 344 g/mol. The normalized spacial score (nSPS) is 10.8. The van der Waals surface area contributed by atoms with Gasteiger partial charge in [-0.15, -0.1) is 5.10 Å². The quantitative estimate of drug-likeness (QED) is 0.745. The van der Waals surface area contributed by atoms with Crippen LogP contribution < -0.4 is 5.32 Å². The van der Waals surface area contributed by atoms with Crippen molar-refractivity contribution in [2.75, 3.05) is 5.32 Å². The number of nitrogens with one attached hydrogen (secondary N) is 1. The number of rotatable bonds is 6. The first-order valence-electron chi connectivity index (χ1n) is 7.52. The summed E-state index contributed by atoms with van der Waals surface area (Å²) >= 11 is 5.96. The Morgan fingerprint density at radius 3 is 2.88 bits per heavy atom. The topological polar surface area (TPSA) is 77.6 Å². The maximum atomic E-state index is 11.9.